The zero-order valence-electron chi connectivity index (χ0n) is 12.7. The lowest BCUT2D eigenvalue weighted by atomic mass is 9.88. The topological polar surface area (TPSA) is 56.1 Å². The van der Waals surface area contributed by atoms with Gasteiger partial charge >= 0.3 is 0 Å². The van der Waals surface area contributed by atoms with Crippen molar-refractivity contribution in [1.29, 1.82) is 5.26 Å². The molecule has 1 aromatic rings. The molecular formula is C16H23N3O. The molecule has 0 heterocycles. The summed E-state index contributed by atoms with van der Waals surface area (Å²) in [5.41, 5.74) is 1.66. The average molecular weight is 273 g/mol. The summed E-state index contributed by atoms with van der Waals surface area (Å²) in [6.07, 6.45) is 1.42. The van der Waals surface area contributed by atoms with E-state index in [2.05, 4.69) is 25.2 Å². The van der Waals surface area contributed by atoms with Gasteiger partial charge in [-0.05, 0) is 30.0 Å². The number of hydrogen-bond donors (Lipinski definition) is 1. The van der Waals surface area contributed by atoms with Crippen LogP contribution in [0, 0.1) is 16.7 Å². The van der Waals surface area contributed by atoms with Crippen LogP contribution in [0.3, 0.4) is 0 Å². The molecule has 20 heavy (non-hydrogen) atoms. The molecule has 0 aliphatic carbocycles. The summed E-state index contributed by atoms with van der Waals surface area (Å²) in [5.74, 6) is -0.00242. The Bertz CT molecular complexity index is 501. The van der Waals surface area contributed by atoms with Crippen LogP contribution in [0.5, 0.6) is 0 Å². The third-order valence-electron chi connectivity index (χ3n) is 3.20. The van der Waals surface area contributed by atoms with Crippen molar-refractivity contribution in [1.82, 2.24) is 4.90 Å². The molecule has 0 atom stereocenters. The predicted molar refractivity (Wildman–Crippen MR) is 81.6 cm³/mol. The Balaban J connectivity index is 2.68. The molecule has 4 nitrogen and oxygen atoms in total. The molecular weight excluding hydrogens is 250 g/mol. The van der Waals surface area contributed by atoms with Gasteiger partial charge in [-0.15, -0.1) is 0 Å². The molecule has 1 aromatic carbocycles. The smallest absolute Gasteiger partial charge is 0.253 e. The highest BCUT2D eigenvalue weighted by Crippen LogP contribution is 2.23. The van der Waals surface area contributed by atoms with Crippen LogP contribution in [0.2, 0.25) is 0 Å². The van der Waals surface area contributed by atoms with Crippen molar-refractivity contribution in [3.8, 4) is 6.07 Å². The van der Waals surface area contributed by atoms with Gasteiger partial charge in [0.1, 0.15) is 0 Å². The fraction of sp³-hybridized carbons (Fsp3) is 0.500. The molecule has 0 aliphatic heterocycles. The molecule has 1 N–H and O–H groups in total. The Labute approximate surface area is 121 Å². The maximum absolute atomic E-state index is 11.9. The molecule has 1 rings (SSSR count). The van der Waals surface area contributed by atoms with E-state index in [1.807, 2.05) is 24.3 Å². The zero-order chi connectivity index (χ0) is 15.2. The normalized spacial score (nSPS) is 10.8. The summed E-state index contributed by atoms with van der Waals surface area (Å²) in [5, 5.41) is 12.0. The minimum atomic E-state index is -0.00242. The van der Waals surface area contributed by atoms with Gasteiger partial charge in [-0.1, -0.05) is 19.9 Å². The van der Waals surface area contributed by atoms with Crippen molar-refractivity contribution in [3.05, 3.63) is 29.8 Å². The molecule has 0 unspecified atom stereocenters. The minimum absolute atomic E-state index is 0.00242. The predicted octanol–water partition coefficient (Wildman–Crippen LogP) is 3.13. The molecule has 0 aromatic heterocycles. The number of rotatable bonds is 6. The lowest BCUT2D eigenvalue weighted by Gasteiger charge is -2.24. The SMILES string of the molecule is CN(C)C(=O)c1cccc(NCC(C)(C)CCC#N)c1. The molecule has 0 saturated carbocycles. The summed E-state index contributed by atoms with van der Waals surface area (Å²) in [6.45, 7) is 5.03. The van der Waals surface area contributed by atoms with Gasteiger partial charge in [-0.25, -0.2) is 0 Å². The van der Waals surface area contributed by atoms with Gasteiger partial charge in [-0.3, -0.25) is 4.79 Å². The van der Waals surface area contributed by atoms with Gasteiger partial charge in [0.2, 0.25) is 0 Å². The number of amides is 1. The Hall–Kier alpha value is -2.02. The first-order valence-corrected chi connectivity index (χ1v) is 6.78. The van der Waals surface area contributed by atoms with E-state index in [4.69, 9.17) is 5.26 Å². The van der Waals surface area contributed by atoms with Gasteiger partial charge < -0.3 is 10.2 Å². The number of benzene rings is 1. The second-order valence-electron chi connectivity index (χ2n) is 5.96. The van der Waals surface area contributed by atoms with Gasteiger partial charge in [0, 0.05) is 38.3 Å². The third kappa shape index (κ3) is 4.93. The fourth-order valence-corrected chi connectivity index (χ4v) is 1.84. The first-order valence-electron chi connectivity index (χ1n) is 6.78. The summed E-state index contributed by atoms with van der Waals surface area (Å²) in [6, 6.07) is 9.69. The minimum Gasteiger partial charge on any atom is -0.384 e. The van der Waals surface area contributed by atoms with E-state index in [0.29, 0.717) is 12.0 Å². The van der Waals surface area contributed by atoms with Crippen molar-refractivity contribution in [2.45, 2.75) is 26.7 Å². The number of hydrogen-bond acceptors (Lipinski definition) is 3. The van der Waals surface area contributed by atoms with E-state index in [1.165, 1.54) is 0 Å². The fourth-order valence-electron chi connectivity index (χ4n) is 1.84. The van der Waals surface area contributed by atoms with Crippen molar-refractivity contribution in [2.24, 2.45) is 5.41 Å². The van der Waals surface area contributed by atoms with Gasteiger partial charge in [0.15, 0.2) is 0 Å². The molecule has 0 bridgehead atoms. The zero-order valence-corrected chi connectivity index (χ0v) is 12.7. The van der Waals surface area contributed by atoms with E-state index in [1.54, 1.807) is 19.0 Å². The first-order chi connectivity index (χ1) is 9.35. The number of nitriles is 1. The number of nitrogens with one attached hydrogen (secondary N) is 1. The maximum atomic E-state index is 11.9. The van der Waals surface area contributed by atoms with Crippen molar-refractivity contribution in [2.75, 3.05) is 26.0 Å². The average Bonchev–Trinajstić information content (AvgIpc) is 2.42. The monoisotopic (exact) mass is 273 g/mol. The van der Waals surface area contributed by atoms with Gasteiger partial charge in [0.25, 0.3) is 5.91 Å². The van der Waals surface area contributed by atoms with E-state index >= 15 is 0 Å². The number of anilines is 1. The van der Waals surface area contributed by atoms with E-state index < -0.39 is 0 Å². The standard InChI is InChI=1S/C16H23N3O/c1-16(2,9-6-10-17)12-18-14-8-5-7-13(11-14)15(20)19(3)4/h5,7-8,11,18H,6,9,12H2,1-4H3. The number of carbonyl (C=O) groups excluding carboxylic acids is 1. The molecule has 1 amide bonds. The Morgan fingerprint density at radius 3 is 2.70 bits per heavy atom. The van der Waals surface area contributed by atoms with Crippen LogP contribution >= 0.6 is 0 Å². The van der Waals surface area contributed by atoms with Crippen LogP contribution in [0.1, 0.15) is 37.0 Å². The van der Waals surface area contributed by atoms with Crippen molar-refractivity contribution >= 4 is 11.6 Å². The number of nitrogens with zero attached hydrogens (tertiary/aromatic N) is 2. The van der Waals surface area contributed by atoms with Crippen LogP contribution in [0.25, 0.3) is 0 Å². The highest BCUT2D eigenvalue weighted by atomic mass is 16.2. The van der Waals surface area contributed by atoms with E-state index in [0.717, 1.165) is 18.7 Å². The first kappa shape index (κ1) is 16.0. The summed E-state index contributed by atoms with van der Waals surface area (Å²) >= 11 is 0. The molecule has 108 valence electrons. The Morgan fingerprint density at radius 1 is 1.40 bits per heavy atom. The second-order valence-corrected chi connectivity index (χ2v) is 5.96. The van der Waals surface area contributed by atoms with E-state index in [9.17, 15) is 4.79 Å². The van der Waals surface area contributed by atoms with Crippen LogP contribution in [0.15, 0.2) is 24.3 Å². The van der Waals surface area contributed by atoms with Crippen molar-refractivity contribution in [3.63, 3.8) is 0 Å². The van der Waals surface area contributed by atoms with E-state index in [-0.39, 0.29) is 11.3 Å². The highest BCUT2D eigenvalue weighted by molar-refractivity contribution is 5.94. The molecule has 0 fully saturated rings. The maximum Gasteiger partial charge on any atom is 0.253 e. The number of carbonyl (C=O) groups is 1. The molecule has 0 spiro atoms. The van der Waals surface area contributed by atoms with Crippen LogP contribution in [-0.2, 0) is 0 Å². The van der Waals surface area contributed by atoms with Crippen LogP contribution < -0.4 is 5.32 Å². The highest BCUT2D eigenvalue weighted by Gasteiger charge is 2.17. The Morgan fingerprint density at radius 2 is 2.10 bits per heavy atom. The molecule has 0 radical (unpaired) electrons. The van der Waals surface area contributed by atoms with Crippen molar-refractivity contribution < 1.29 is 4.79 Å². The van der Waals surface area contributed by atoms with Gasteiger partial charge in [-0.2, -0.15) is 5.26 Å². The largest absolute Gasteiger partial charge is 0.384 e. The van der Waals surface area contributed by atoms with Crippen LogP contribution in [0.4, 0.5) is 5.69 Å². The summed E-state index contributed by atoms with van der Waals surface area (Å²) < 4.78 is 0. The quantitative estimate of drug-likeness (QED) is 0.866. The Kier molecular flexibility index (Phi) is 5.57. The molecule has 0 saturated heterocycles. The molecule has 4 heteroatoms. The third-order valence-corrected chi connectivity index (χ3v) is 3.20. The lowest BCUT2D eigenvalue weighted by Crippen LogP contribution is -2.24. The van der Waals surface area contributed by atoms with Crippen LogP contribution in [-0.4, -0.2) is 31.4 Å². The summed E-state index contributed by atoms with van der Waals surface area (Å²) in [4.78, 5) is 13.5. The molecule has 0 aliphatic rings. The second kappa shape index (κ2) is 6.95. The van der Waals surface area contributed by atoms with Gasteiger partial charge in [0.05, 0.1) is 6.07 Å². The summed E-state index contributed by atoms with van der Waals surface area (Å²) in [7, 11) is 3.49. The lowest BCUT2D eigenvalue weighted by molar-refractivity contribution is 0.0827.